The van der Waals surface area contributed by atoms with Crippen molar-refractivity contribution in [2.75, 3.05) is 13.1 Å². The van der Waals surface area contributed by atoms with E-state index in [4.69, 9.17) is 4.74 Å². The van der Waals surface area contributed by atoms with E-state index in [9.17, 15) is 18.3 Å². The lowest BCUT2D eigenvalue weighted by Crippen LogP contribution is -2.36. The van der Waals surface area contributed by atoms with Crippen LogP contribution in [-0.2, 0) is 21.2 Å². The standard InChI is InChI=1S/C27H29N3O5S/c31-25(22-2-1-13-28-15-22)17-29-16-23-9-5-21-14-20(8-12-26(21)35-23)18-6-10-24(11-7-18)36(33,34)30-27(32)19-3-4-19/h1-2,6-8,10-15,19,23,25,29,31H,3-5,9,16-17H2,(H,30,32). The fraction of sp³-hybridized carbons (Fsp3) is 0.333. The van der Waals surface area contributed by atoms with Crippen LogP contribution in [0.3, 0.4) is 0 Å². The van der Waals surface area contributed by atoms with Gasteiger partial charge in [-0.3, -0.25) is 9.78 Å². The number of aryl methyl sites for hydroxylation is 1. The topological polar surface area (TPSA) is 118 Å². The molecule has 1 fully saturated rings. The summed E-state index contributed by atoms with van der Waals surface area (Å²) >= 11 is 0. The third-order valence-electron chi connectivity index (χ3n) is 6.55. The van der Waals surface area contributed by atoms with Gasteiger partial charge in [-0.25, -0.2) is 13.1 Å². The van der Waals surface area contributed by atoms with Crippen LogP contribution in [-0.4, -0.2) is 43.6 Å². The maximum absolute atomic E-state index is 12.5. The summed E-state index contributed by atoms with van der Waals surface area (Å²) in [5.41, 5.74) is 3.74. The summed E-state index contributed by atoms with van der Waals surface area (Å²) in [6.45, 7) is 1.05. The van der Waals surface area contributed by atoms with Gasteiger partial charge in [0.15, 0.2) is 0 Å². The molecule has 0 bridgehead atoms. The highest BCUT2D eigenvalue weighted by Gasteiger charge is 2.32. The van der Waals surface area contributed by atoms with Gasteiger partial charge in [0.05, 0.1) is 11.0 Å². The van der Waals surface area contributed by atoms with Crippen molar-refractivity contribution in [2.45, 2.75) is 42.8 Å². The van der Waals surface area contributed by atoms with E-state index in [1.54, 1.807) is 30.6 Å². The Morgan fingerprint density at radius 1 is 1.08 bits per heavy atom. The first-order valence-electron chi connectivity index (χ1n) is 12.1. The Morgan fingerprint density at radius 3 is 2.58 bits per heavy atom. The Hall–Kier alpha value is -3.27. The molecular weight excluding hydrogens is 478 g/mol. The number of aromatic nitrogens is 1. The second-order valence-electron chi connectivity index (χ2n) is 9.33. The predicted molar refractivity (Wildman–Crippen MR) is 135 cm³/mol. The van der Waals surface area contributed by atoms with Gasteiger partial charge in [-0.15, -0.1) is 0 Å². The van der Waals surface area contributed by atoms with Crippen molar-refractivity contribution < 1.29 is 23.1 Å². The highest BCUT2D eigenvalue weighted by atomic mass is 32.2. The molecule has 1 aromatic heterocycles. The number of nitrogens with zero attached hydrogens (tertiary/aromatic N) is 1. The van der Waals surface area contributed by atoms with Crippen molar-refractivity contribution in [3.63, 3.8) is 0 Å². The van der Waals surface area contributed by atoms with Crippen molar-refractivity contribution in [1.82, 2.24) is 15.0 Å². The number of carbonyl (C=O) groups excluding carboxylic acids is 1. The number of amides is 1. The second-order valence-corrected chi connectivity index (χ2v) is 11.0. The summed E-state index contributed by atoms with van der Waals surface area (Å²) in [5.74, 6) is 0.240. The third kappa shape index (κ3) is 5.75. The number of hydrogen-bond acceptors (Lipinski definition) is 7. The minimum Gasteiger partial charge on any atom is -0.489 e. The molecule has 1 amide bonds. The summed E-state index contributed by atoms with van der Waals surface area (Å²) in [5, 5.41) is 13.6. The Labute approximate surface area is 210 Å². The maximum atomic E-state index is 12.5. The molecule has 1 aliphatic carbocycles. The van der Waals surface area contributed by atoms with E-state index < -0.39 is 22.0 Å². The molecular formula is C27H29N3O5S. The van der Waals surface area contributed by atoms with Gasteiger partial charge in [-0.1, -0.05) is 24.3 Å². The zero-order chi connectivity index (χ0) is 25.1. The number of nitrogens with one attached hydrogen (secondary N) is 2. The van der Waals surface area contributed by atoms with Crippen molar-refractivity contribution in [3.8, 4) is 16.9 Å². The SMILES string of the molecule is O=C(NS(=O)(=O)c1ccc(-c2ccc3c(c2)CCC(CNCC(O)c2cccnc2)O3)cc1)C1CC1. The number of aliphatic hydroxyl groups excluding tert-OH is 1. The normalized spacial score (nSPS) is 18.1. The van der Waals surface area contributed by atoms with E-state index in [0.29, 0.717) is 13.1 Å². The van der Waals surface area contributed by atoms with Crippen LogP contribution in [0.2, 0.25) is 0 Å². The van der Waals surface area contributed by atoms with Crippen molar-refractivity contribution in [2.24, 2.45) is 5.92 Å². The highest BCUT2D eigenvalue weighted by molar-refractivity contribution is 7.90. The average Bonchev–Trinajstić information content (AvgIpc) is 3.75. The number of benzene rings is 2. The summed E-state index contributed by atoms with van der Waals surface area (Å²) in [6, 6.07) is 16.2. The first-order valence-corrected chi connectivity index (χ1v) is 13.6. The van der Waals surface area contributed by atoms with E-state index in [2.05, 4.69) is 21.1 Å². The molecule has 2 atom stereocenters. The van der Waals surface area contributed by atoms with Crippen molar-refractivity contribution in [1.29, 1.82) is 0 Å². The highest BCUT2D eigenvalue weighted by Crippen LogP contribution is 2.33. The summed E-state index contributed by atoms with van der Waals surface area (Å²) < 4.78 is 33.2. The van der Waals surface area contributed by atoms with E-state index >= 15 is 0 Å². The molecule has 5 rings (SSSR count). The fourth-order valence-corrected chi connectivity index (χ4v) is 5.33. The van der Waals surface area contributed by atoms with Gasteiger partial charge in [0.25, 0.3) is 10.0 Å². The van der Waals surface area contributed by atoms with E-state index in [-0.39, 0.29) is 16.9 Å². The molecule has 188 valence electrons. The minimum absolute atomic E-state index is 0.0137. The van der Waals surface area contributed by atoms with E-state index in [1.165, 1.54) is 12.1 Å². The number of aliphatic hydroxyl groups is 1. The third-order valence-corrected chi connectivity index (χ3v) is 7.91. The van der Waals surface area contributed by atoms with Gasteiger partial charge in [-0.05, 0) is 72.7 Å². The second kappa shape index (κ2) is 10.4. The molecule has 1 saturated carbocycles. The van der Waals surface area contributed by atoms with Crippen LogP contribution >= 0.6 is 0 Å². The number of carbonyl (C=O) groups is 1. The number of sulfonamides is 1. The molecule has 3 aromatic rings. The summed E-state index contributed by atoms with van der Waals surface area (Å²) in [7, 11) is -3.86. The number of ether oxygens (including phenoxy) is 1. The molecule has 2 aliphatic rings. The molecule has 3 N–H and O–H groups in total. The first-order chi connectivity index (χ1) is 17.4. The molecule has 2 heterocycles. The van der Waals surface area contributed by atoms with Crippen LogP contribution in [0.5, 0.6) is 5.75 Å². The van der Waals surface area contributed by atoms with E-state index in [1.807, 2.05) is 18.2 Å². The lowest BCUT2D eigenvalue weighted by molar-refractivity contribution is -0.120. The van der Waals surface area contributed by atoms with Crippen LogP contribution in [0.4, 0.5) is 0 Å². The van der Waals surface area contributed by atoms with Crippen molar-refractivity contribution >= 4 is 15.9 Å². The van der Waals surface area contributed by atoms with Gasteiger partial charge < -0.3 is 15.2 Å². The zero-order valence-corrected chi connectivity index (χ0v) is 20.6. The lowest BCUT2D eigenvalue weighted by atomic mass is 9.97. The van der Waals surface area contributed by atoms with Gasteiger partial charge in [-0.2, -0.15) is 0 Å². The molecule has 9 heteroatoms. The Bertz CT molecular complexity index is 1330. The minimum atomic E-state index is -3.86. The van der Waals surface area contributed by atoms with Crippen LogP contribution in [0.15, 0.2) is 71.9 Å². The quantitative estimate of drug-likeness (QED) is 0.408. The molecule has 0 spiro atoms. The Balaban J connectivity index is 1.17. The van der Waals surface area contributed by atoms with Gasteiger partial charge in [0.2, 0.25) is 5.91 Å². The zero-order valence-electron chi connectivity index (χ0n) is 19.8. The average molecular weight is 508 g/mol. The number of pyridine rings is 1. The smallest absolute Gasteiger partial charge is 0.264 e. The van der Waals surface area contributed by atoms with Gasteiger partial charge in [0, 0.05) is 37.0 Å². The lowest BCUT2D eigenvalue weighted by Gasteiger charge is -2.27. The molecule has 2 aromatic carbocycles. The molecule has 36 heavy (non-hydrogen) atoms. The number of fused-ring (bicyclic) bond motifs is 1. The van der Waals surface area contributed by atoms with Crippen LogP contribution in [0.25, 0.3) is 11.1 Å². The number of hydrogen-bond donors (Lipinski definition) is 3. The molecule has 2 unspecified atom stereocenters. The predicted octanol–water partition coefficient (Wildman–Crippen LogP) is 2.98. The van der Waals surface area contributed by atoms with Crippen molar-refractivity contribution in [3.05, 3.63) is 78.1 Å². The molecule has 0 radical (unpaired) electrons. The number of rotatable bonds is 9. The Kier molecular flexibility index (Phi) is 7.04. The summed E-state index contributed by atoms with van der Waals surface area (Å²) in [4.78, 5) is 16.0. The van der Waals surface area contributed by atoms with Crippen LogP contribution in [0, 0.1) is 5.92 Å². The molecule has 8 nitrogen and oxygen atoms in total. The van der Waals surface area contributed by atoms with Gasteiger partial charge >= 0.3 is 0 Å². The fourth-order valence-electron chi connectivity index (χ4n) is 4.29. The Morgan fingerprint density at radius 2 is 1.86 bits per heavy atom. The molecule has 1 aliphatic heterocycles. The monoisotopic (exact) mass is 507 g/mol. The van der Waals surface area contributed by atoms with Crippen LogP contribution < -0.4 is 14.8 Å². The first kappa shape index (κ1) is 24.4. The van der Waals surface area contributed by atoms with Crippen LogP contribution in [0.1, 0.15) is 36.5 Å². The molecule has 0 saturated heterocycles. The largest absolute Gasteiger partial charge is 0.489 e. The van der Waals surface area contributed by atoms with Gasteiger partial charge in [0.1, 0.15) is 11.9 Å². The maximum Gasteiger partial charge on any atom is 0.264 e. The van der Waals surface area contributed by atoms with E-state index in [0.717, 1.165) is 53.7 Å². The summed E-state index contributed by atoms with van der Waals surface area (Å²) in [6.07, 6.45) is 5.94.